The van der Waals surface area contributed by atoms with Crippen molar-refractivity contribution in [2.45, 2.75) is 11.5 Å². The number of rotatable bonds is 2. The van der Waals surface area contributed by atoms with Gasteiger partial charge in [0.15, 0.2) is 0 Å². The molecule has 1 aromatic carbocycles. The molecule has 0 aliphatic heterocycles. The summed E-state index contributed by atoms with van der Waals surface area (Å²) in [5, 5.41) is 8.71. The summed E-state index contributed by atoms with van der Waals surface area (Å²) in [5.41, 5.74) is 0.766. The topological polar surface area (TPSA) is 61.2 Å². The van der Waals surface area contributed by atoms with E-state index in [1.807, 2.05) is 0 Å². The van der Waals surface area contributed by atoms with Crippen molar-refractivity contribution in [3.63, 3.8) is 0 Å². The smallest absolute Gasteiger partial charge is 0.0696 e. The molecule has 0 heterocycles. The molecule has 0 radical (unpaired) electrons. The summed E-state index contributed by atoms with van der Waals surface area (Å²) in [6.07, 6.45) is 1.38. The first-order valence-corrected chi connectivity index (χ1v) is 5.44. The van der Waals surface area contributed by atoms with Crippen LogP contribution in [0.15, 0.2) is 29.2 Å². The van der Waals surface area contributed by atoms with E-state index in [1.165, 1.54) is 6.26 Å². The Labute approximate surface area is 72.0 Å². The molecule has 0 aliphatic rings. The van der Waals surface area contributed by atoms with Crippen LogP contribution in [0.25, 0.3) is 0 Å². The second kappa shape index (κ2) is 3.25. The van der Waals surface area contributed by atoms with Crippen LogP contribution in [-0.4, -0.2) is 15.6 Å². The molecule has 3 nitrogen and oxygen atoms in total. The van der Waals surface area contributed by atoms with Crippen molar-refractivity contribution in [2.24, 2.45) is 0 Å². The van der Waals surface area contributed by atoms with Gasteiger partial charge in [0.1, 0.15) is 0 Å². The SMILES string of the molecule is CS(=N)(=O)c1ccc(CO)cc1. The highest BCUT2D eigenvalue weighted by Crippen LogP contribution is 2.10. The fourth-order valence-corrected chi connectivity index (χ4v) is 1.51. The molecule has 0 bridgehead atoms. The Morgan fingerprint density at radius 2 is 1.92 bits per heavy atom. The third-order valence-electron chi connectivity index (χ3n) is 1.56. The predicted molar refractivity (Wildman–Crippen MR) is 47.4 cm³/mol. The molecule has 0 saturated carbocycles. The maximum absolute atomic E-state index is 11.2. The Balaban J connectivity index is 3.09. The first-order valence-electron chi connectivity index (χ1n) is 3.47. The minimum Gasteiger partial charge on any atom is -0.392 e. The minimum absolute atomic E-state index is 0.0246. The van der Waals surface area contributed by atoms with Crippen LogP contribution in [0, 0.1) is 4.78 Å². The van der Waals surface area contributed by atoms with Crippen molar-refractivity contribution >= 4 is 9.73 Å². The van der Waals surface area contributed by atoms with Crippen LogP contribution in [0.2, 0.25) is 0 Å². The average molecular weight is 185 g/mol. The molecule has 0 saturated heterocycles. The number of aliphatic hydroxyl groups is 1. The van der Waals surface area contributed by atoms with E-state index in [0.717, 1.165) is 5.56 Å². The van der Waals surface area contributed by atoms with Crippen LogP contribution < -0.4 is 0 Å². The third-order valence-corrected chi connectivity index (χ3v) is 2.73. The van der Waals surface area contributed by atoms with Gasteiger partial charge < -0.3 is 5.11 Å². The largest absolute Gasteiger partial charge is 0.392 e. The van der Waals surface area contributed by atoms with Crippen molar-refractivity contribution in [3.05, 3.63) is 29.8 Å². The van der Waals surface area contributed by atoms with Gasteiger partial charge in [-0.1, -0.05) is 12.1 Å². The number of hydrogen-bond donors (Lipinski definition) is 2. The Morgan fingerprint density at radius 1 is 1.42 bits per heavy atom. The van der Waals surface area contributed by atoms with Crippen molar-refractivity contribution in [1.82, 2.24) is 0 Å². The number of benzene rings is 1. The minimum atomic E-state index is -2.61. The normalized spacial score (nSPS) is 15.5. The van der Waals surface area contributed by atoms with Crippen LogP contribution in [0.5, 0.6) is 0 Å². The van der Waals surface area contributed by atoms with Crippen molar-refractivity contribution in [2.75, 3.05) is 6.26 Å². The molecule has 1 aromatic rings. The molecule has 66 valence electrons. The summed E-state index contributed by atoms with van der Waals surface area (Å²) in [5.74, 6) is 0. The average Bonchev–Trinajstić information content (AvgIpc) is 2.03. The molecule has 2 N–H and O–H groups in total. The number of aliphatic hydroxyl groups excluding tert-OH is 1. The van der Waals surface area contributed by atoms with Gasteiger partial charge in [-0.15, -0.1) is 0 Å². The summed E-state index contributed by atoms with van der Waals surface area (Å²) in [6.45, 7) is -0.0246. The van der Waals surface area contributed by atoms with Gasteiger partial charge in [0.05, 0.1) is 16.3 Å². The third kappa shape index (κ3) is 2.06. The highest BCUT2D eigenvalue weighted by atomic mass is 32.2. The molecule has 12 heavy (non-hydrogen) atoms. The lowest BCUT2D eigenvalue weighted by Gasteiger charge is -2.01. The van der Waals surface area contributed by atoms with Gasteiger partial charge in [-0.25, -0.2) is 8.99 Å². The van der Waals surface area contributed by atoms with Gasteiger partial charge in [0.25, 0.3) is 0 Å². The van der Waals surface area contributed by atoms with Gasteiger partial charge >= 0.3 is 0 Å². The summed E-state index contributed by atoms with van der Waals surface area (Å²) < 4.78 is 18.5. The molecule has 0 aliphatic carbocycles. The second-order valence-electron chi connectivity index (χ2n) is 2.65. The molecule has 1 rings (SSSR count). The van der Waals surface area contributed by atoms with E-state index in [9.17, 15) is 4.21 Å². The zero-order valence-electron chi connectivity index (χ0n) is 6.78. The molecule has 0 fully saturated rings. The summed E-state index contributed by atoms with van der Waals surface area (Å²) in [7, 11) is -2.61. The Bertz CT molecular complexity index is 353. The fraction of sp³-hybridized carbons (Fsp3) is 0.250. The van der Waals surface area contributed by atoms with E-state index >= 15 is 0 Å². The summed E-state index contributed by atoms with van der Waals surface area (Å²) in [6, 6.07) is 6.57. The van der Waals surface area contributed by atoms with Crippen LogP contribution >= 0.6 is 0 Å². The molecule has 4 heteroatoms. The molecule has 0 aromatic heterocycles. The zero-order valence-corrected chi connectivity index (χ0v) is 7.60. The highest BCUT2D eigenvalue weighted by molar-refractivity contribution is 7.91. The maximum atomic E-state index is 11.2. The van der Waals surface area contributed by atoms with Crippen LogP contribution in [-0.2, 0) is 16.3 Å². The van der Waals surface area contributed by atoms with Crippen LogP contribution in [0.3, 0.4) is 0 Å². The second-order valence-corrected chi connectivity index (χ2v) is 4.80. The number of hydrogen-bond acceptors (Lipinski definition) is 3. The van der Waals surface area contributed by atoms with E-state index in [1.54, 1.807) is 24.3 Å². The zero-order chi connectivity index (χ0) is 9.19. The van der Waals surface area contributed by atoms with E-state index in [4.69, 9.17) is 9.89 Å². The Hall–Kier alpha value is -0.870. The van der Waals surface area contributed by atoms with Crippen molar-refractivity contribution in [3.8, 4) is 0 Å². The Morgan fingerprint density at radius 3 is 2.25 bits per heavy atom. The van der Waals surface area contributed by atoms with E-state index in [-0.39, 0.29) is 6.61 Å². The lowest BCUT2D eigenvalue weighted by atomic mass is 10.2. The van der Waals surface area contributed by atoms with Gasteiger partial charge in [-0.2, -0.15) is 0 Å². The van der Waals surface area contributed by atoms with Gasteiger partial charge in [-0.3, -0.25) is 0 Å². The summed E-state index contributed by atoms with van der Waals surface area (Å²) in [4.78, 5) is 0.500. The molecule has 0 spiro atoms. The van der Waals surface area contributed by atoms with Crippen LogP contribution in [0.1, 0.15) is 5.56 Å². The standard InChI is InChI=1S/C8H11NO2S/c1-12(9,11)8-4-2-7(6-10)3-5-8/h2-5,9-10H,6H2,1H3. The van der Waals surface area contributed by atoms with Gasteiger partial charge in [0, 0.05) is 11.2 Å². The number of nitrogens with one attached hydrogen (secondary N) is 1. The fourth-order valence-electron chi connectivity index (χ4n) is 0.855. The quantitative estimate of drug-likeness (QED) is 0.727. The van der Waals surface area contributed by atoms with Crippen molar-refractivity contribution in [1.29, 1.82) is 4.78 Å². The first kappa shape index (κ1) is 9.22. The maximum Gasteiger partial charge on any atom is 0.0696 e. The lowest BCUT2D eigenvalue weighted by molar-refractivity contribution is 0.282. The Kier molecular flexibility index (Phi) is 2.49. The summed E-state index contributed by atoms with van der Waals surface area (Å²) >= 11 is 0. The molecular formula is C8H11NO2S. The van der Waals surface area contributed by atoms with Gasteiger partial charge in [0.2, 0.25) is 0 Å². The molecular weight excluding hydrogens is 174 g/mol. The van der Waals surface area contributed by atoms with Gasteiger partial charge in [-0.05, 0) is 17.7 Å². The van der Waals surface area contributed by atoms with E-state index in [0.29, 0.717) is 4.90 Å². The van der Waals surface area contributed by atoms with Crippen LogP contribution in [0.4, 0.5) is 0 Å². The van der Waals surface area contributed by atoms with Crippen molar-refractivity contribution < 1.29 is 9.32 Å². The highest BCUT2D eigenvalue weighted by Gasteiger charge is 2.01. The predicted octanol–water partition coefficient (Wildman–Crippen LogP) is 1.21. The molecule has 0 amide bonds. The lowest BCUT2D eigenvalue weighted by Crippen LogP contribution is -1.94. The van der Waals surface area contributed by atoms with E-state index in [2.05, 4.69) is 0 Å². The first-order chi connectivity index (χ1) is 5.54. The molecule has 1 unspecified atom stereocenters. The molecule has 1 atom stereocenters. The monoisotopic (exact) mass is 185 g/mol. The van der Waals surface area contributed by atoms with E-state index < -0.39 is 9.73 Å².